The maximum Gasteiger partial charge on any atom is 0.397 e. The van der Waals surface area contributed by atoms with E-state index in [2.05, 4.69) is 47.7 Å². The number of rotatable bonds is 55. The van der Waals surface area contributed by atoms with Gasteiger partial charge in [-0.3, -0.25) is 9.35 Å². The lowest BCUT2D eigenvalue weighted by Gasteiger charge is -2.41. The third kappa shape index (κ3) is 43.8. The quantitative estimate of drug-likeness (QED) is 0.0193. The van der Waals surface area contributed by atoms with Crippen molar-refractivity contribution in [3.8, 4) is 0 Å². The molecule has 1 heterocycles. The third-order valence-corrected chi connectivity index (χ3v) is 15.4. The van der Waals surface area contributed by atoms with E-state index in [1.165, 1.54) is 225 Å². The van der Waals surface area contributed by atoms with E-state index in [1.807, 2.05) is 6.08 Å². The summed E-state index contributed by atoms with van der Waals surface area (Å²) in [6.07, 6.45) is 57.7. The lowest BCUT2D eigenvalue weighted by molar-refractivity contribution is -0.298. The van der Waals surface area contributed by atoms with Crippen LogP contribution in [0.1, 0.15) is 296 Å². The minimum absolute atomic E-state index is 0.260. The van der Waals surface area contributed by atoms with E-state index in [0.717, 1.165) is 44.9 Å². The lowest BCUT2D eigenvalue weighted by atomic mass is 9.99. The number of hydrogen-bond acceptors (Lipinski definition) is 10. The molecular formula is C62H117NO11S. The molecule has 7 atom stereocenters. The van der Waals surface area contributed by atoms with E-state index in [-0.39, 0.29) is 18.9 Å². The zero-order chi connectivity index (χ0) is 54.7. The molecule has 0 radical (unpaired) electrons. The molecule has 0 aromatic carbocycles. The summed E-state index contributed by atoms with van der Waals surface area (Å²) in [7, 11) is -5.09. The van der Waals surface area contributed by atoms with Crippen LogP contribution in [0.2, 0.25) is 0 Å². The molecule has 1 amide bonds. The predicted octanol–water partition coefficient (Wildman–Crippen LogP) is 15.3. The van der Waals surface area contributed by atoms with Crippen molar-refractivity contribution in [3.05, 3.63) is 36.5 Å². The van der Waals surface area contributed by atoms with Gasteiger partial charge in [0, 0.05) is 6.42 Å². The summed E-state index contributed by atoms with van der Waals surface area (Å²) in [4.78, 5) is 13.2. The lowest BCUT2D eigenvalue weighted by Crippen LogP contribution is -2.61. The van der Waals surface area contributed by atoms with Gasteiger partial charge in [0.2, 0.25) is 5.91 Å². The van der Waals surface area contributed by atoms with Crippen LogP contribution >= 0.6 is 0 Å². The van der Waals surface area contributed by atoms with Crippen molar-refractivity contribution in [2.24, 2.45) is 0 Å². The maximum absolute atomic E-state index is 13.2. The highest BCUT2D eigenvalue weighted by Gasteiger charge is 2.48. The van der Waals surface area contributed by atoms with Gasteiger partial charge in [-0.2, -0.15) is 8.42 Å². The van der Waals surface area contributed by atoms with Crippen molar-refractivity contribution in [1.29, 1.82) is 0 Å². The molecule has 0 bridgehead atoms. The highest BCUT2D eigenvalue weighted by molar-refractivity contribution is 7.80. The fraction of sp³-hybridized carbons (Fsp3) is 0.887. The van der Waals surface area contributed by atoms with Crippen LogP contribution in [-0.4, -0.2) is 95.4 Å². The molecule has 0 spiro atoms. The first kappa shape index (κ1) is 71.3. The number of aliphatic hydroxyl groups excluding tert-OH is 4. The Bertz CT molecular complexity index is 1460. The van der Waals surface area contributed by atoms with Gasteiger partial charge in [0.05, 0.1) is 25.4 Å². The molecule has 0 aliphatic carbocycles. The van der Waals surface area contributed by atoms with Gasteiger partial charge in [-0.1, -0.05) is 275 Å². The highest BCUT2D eigenvalue weighted by atomic mass is 32.3. The number of amides is 1. The largest absolute Gasteiger partial charge is 0.397 e. The first-order chi connectivity index (χ1) is 36.5. The molecule has 442 valence electrons. The van der Waals surface area contributed by atoms with Crippen LogP contribution in [0.15, 0.2) is 36.5 Å². The van der Waals surface area contributed by atoms with Crippen LogP contribution in [0.5, 0.6) is 0 Å². The molecular weight excluding hydrogens is 967 g/mol. The average Bonchev–Trinajstić information content (AvgIpc) is 3.39. The number of aliphatic hydroxyl groups is 4. The normalized spacial score (nSPS) is 19.3. The fourth-order valence-corrected chi connectivity index (χ4v) is 10.6. The van der Waals surface area contributed by atoms with Crippen molar-refractivity contribution in [1.82, 2.24) is 5.32 Å². The summed E-state index contributed by atoms with van der Waals surface area (Å²) in [5, 5.41) is 45.0. The predicted molar refractivity (Wildman–Crippen MR) is 310 cm³/mol. The zero-order valence-electron chi connectivity index (χ0n) is 48.1. The Morgan fingerprint density at radius 3 is 1.27 bits per heavy atom. The van der Waals surface area contributed by atoms with Crippen molar-refractivity contribution in [2.75, 3.05) is 13.2 Å². The van der Waals surface area contributed by atoms with Crippen molar-refractivity contribution in [2.45, 2.75) is 339 Å². The molecule has 75 heavy (non-hydrogen) atoms. The molecule has 12 nitrogen and oxygen atoms in total. The Labute approximate surface area is 460 Å². The summed E-state index contributed by atoms with van der Waals surface area (Å²) in [5.74, 6) is -0.260. The summed E-state index contributed by atoms with van der Waals surface area (Å²) in [6.45, 7) is 3.43. The molecule has 1 saturated heterocycles. The van der Waals surface area contributed by atoms with Gasteiger partial charge >= 0.3 is 10.4 Å². The molecule has 0 aromatic heterocycles. The number of unbranched alkanes of at least 4 members (excludes halogenated alkanes) is 39. The van der Waals surface area contributed by atoms with Crippen LogP contribution in [0.3, 0.4) is 0 Å². The van der Waals surface area contributed by atoms with Gasteiger partial charge in [0.1, 0.15) is 24.4 Å². The Morgan fingerprint density at radius 2 is 0.893 bits per heavy atom. The van der Waals surface area contributed by atoms with Crippen LogP contribution < -0.4 is 5.32 Å². The molecule has 1 fully saturated rings. The van der Waals surface area contributed by atoms with Crippen LogP contribution in [-0.2, 0) is 28.9 Å². The second kappa shape index (κ2) is 51.7. The first-order valence-corrected chi connectivity index (χ1v) is 32.7. The smallest absolute Gasteiger partial charge is 0.394 e. The van der Waals surface area contributed by atoms with E-state index in [0.29, 0.717) is 6.42 Å². The number of allylic oxidation sites excluding steroid dienone is 5. The Balaban J connectivity index is 2.31. The minimum Gasteiger partial charge on any atom is -0.394 e. The van der Waals surface area contributed by atoms with Gasteiger partial charge < -0.3 is 35.2 Å². The summed E-state index contributed by atoms with van der Waals surface area (Å²) in [5.41, 5.74) is 0. The van der Waals surface area contributed by atoms with Gasteiger partial charge in [0.15, 0.2) is 6.29 Å². The molecule has 0 saturated carbocycles. The van der Waals surface area contributed by atoms with Gasteiger partial charge in [-0.05, 0) is 51.4 Å². The zero-order valence-corrected chi connectivity index (χ0v) is 48.9. The van der Waals surface area contributed by atoms with Gasteiger partial charge in [-0.15, -0.1) is 0 Å². The van der Waals surface area contributed by atoms with E-state index >= 15 is 0 Å². The molecule has 1 rings (SSSR count). The van der Waals surface area contributed by atoms with E-state index in [4.69, 9.17) is 9.47 Å². The molecule has 1 aliphatic rings. The molecule has 0 aromatic rings. The second-order valence-electron chi connectivity index (χ2n) is 22.0. The Kier molecular flexibility index (Phi) is 49.2. The monoisotopic (exact) mass is 1080 g/mol. The number of carbonyl (C=O) groups is 1. The van der Waals surface area contributed by atoms with Crippen LogP contribution in [0.25, 0.3) is 0 Å². The summed E-state index contributed by atoms with van der Waals surface area (Å²) in [6, 6.07) is -0.945. The Hall–Kier alpha value is -1.68. The standard InChI is InChI=1S/C62H117NO11S/c1-3-5-7-9-11-13-15-17-19-21-23-24-25-26-27-28-29-30-31-32-34-36-38-40-42-44-46-48-50-52-58(66)63-55(54-72-62-60(68)61(74-75(69,70)71)59(67)57(53-64)73-62)56(65)51-49-47-45-43-41-39-37-35-33-22-20-18-16-14-12-10-8-6-4-2/h23-24,26-27,49,51,55-57,59-62,64-65,67-68H,3-22,25,28-48,50,52-54H2,1-2H3,(H,63,66)(H,69,70,71)/b24-23-,27-26-,51-49+. The first-order valence-electron chi connectivity index (χ1n) is 31.4. The second-order valence-corrected chi connectivity index (χ2v) is 23.0. The van der Waals surface area contributed by atoms with Crippen molar-refractivity contribution in [3.63, 3.8) is 0 Å². The van der Waals surface area contributed by atoms with E-state index < -0.39 is 59.9 Å². The SMILES string of the molecule is CCCCCCCCCCC/C=C\C/C=C\CCCCCCCCCCCCCCCC(=O)NC(COC1OC(CO)C(O)C(OS(=O)(=O)O)C1O)C(O)/C=C/CCCCCCCCCCCCCCCCCCC. The summed E-state index contributed by atoms with van der Waals surface area (Å²) < 4.78 is 47.9. The molecule has 13 heteroatoms. The van der Waals surface area contributed by atoms with Gasteiger partial charge in [0.25, 0.3) is 0 Å². The maximum atomic E-state index is 13.2. The minimum atomic E-state index is -5.09. The molecule has 6 N–H and O–H groups in total. The highest BCUT2D eigenvalue weighted by Crippen LogP contribution is 2.26. The van der Waals surface area contributed by atoms with Crippen LogP contribution in [0, 0.1) is 0 Å². The number of carbonyl (C=O) groups excluding carboxylic acids is 1. The van der Waals surface area contributed by atoms with Crippen LogP contribution in [0.4, 0.5) is 0 Å². The Morgan fingerprint density at radius 1 is 0.533 bits per heavy atom. The van der Waals surface area contributed by atoms with Gasteiger partial charge in [-0.25, -0.2) is 4.18 Å². The molecule has 7 unspecified atom stereocenters. The van der Waals surface area contributed by atoms with Crippen molar-refractivity contribution < 1.29 is 51.8 Å². The number of ether oxygens (including phenoxy) is 2. The fourth-order valence-electron chi connectivity index (χ4n) is 10.1. The van der Waals surface area contributed by atoms with E-state index in [1.54, 1.807) is 6.08 Å². The third-order valence-electron chi connectivity index (χ3n) is 14.9. The van der Waals surface area contributed by atoms with E-state index in [9.17, 15) is 38.2 Å². The number of hydrogen-bond donors (Lipinski definition) is 6. The summed E-state index contributed by atoms with van der Waals surface area (Å²) >= 11 is 0. The van der Waals surface area contributed by atoms with Crippen molar-refractivity contribution >= 4 is 16.3 Å². The number of nitrogens with one attached hydrogen (secondary N) is 1. The topological polar surface area (TPSA) is 192 Å². The molecule has 1 aliphatic heterocycles. The average molecular weight is 1080 g/mol.